The van der Waals surface area contributed by atoms with Crippen LogP contribution in [-0.4, -0.2) is 45.4 Å². The van der Waals surface area contributed by atoms with E-state index in [0.717, 1.165) is 12.1 Å². The zero-order chi connectivity index (χ0) is 22.4. The fourth-order valence-electron chi connectivity index (χ4n) is 3.29. The predicted octanol–water partition coefficient (Wildman–Crippen LogP) is 2.57. The second-order valence-corrected chi connectivity index (χ2v) is 9.06. The maximum Gasteiger partial charge on any atom is 0.261 e. The van der Waals surface area contributed by atoms with Gasteiger partial charge in [0.25, 0.3) is 5.91 Å². The SMILES string of the molecule is COc1ccc(/C=C(\C#N)C(=O)NCC2CCN(S(=O)(=O)c3ccc(F)cc3)C2)cc1. The van der Waals surface area contributed by atoms with Gasteiger partial charge in [-0.1, -0.05) is 12.1 Å². The molecule has 1 amide bonds. The molecule has 9 heteroatoms. The van der Waals surface area contributed by atoms with Crippen molar-refractivity contribution in [3.8, 4) is 11.8 Å². The first-order valence-electron chi connectivity index (χ1n) is 9.63. The van der Waals surface area contributed by atoms with Crippen molar-refractivity contribution in [3.63, 3.8) is 0 Å². The number of nitrogens with one attached hydrogen (secondary N) is 1. The molecule has 0 aromatic heterocycles. The third kappa shape index (κ3) is 5.48. The number of hydrogen-bond acceptors (Lipinski definition) is 5. The van der Waals surface area contributed by atoms with Gasteiger partial charge in [-0.3, -0.25) is 4.79 Å². The molecule has 0 bridgehead atoms. The fourth-order valence-corrected chi connectivity index (χ4v) is 4.82. The normalized spacial score (nSPS) is 17.2. The largest absolute Gasteiger partial charge is 0.497 e. The number of nitriles is 1. The molecule has 1 heterocycles. The van der Waals surface area contributed by atoms with E-state index in [1.54, 1.807) is 31.4 Å². The molecule has 0 spiro atoms. The van der Waals surface area contributed by atoms with Crippen LogP contribution in [-0.2, 0) is 14.8 Å². The second kappa shape index (κ2) is 9.73. The number of halogens is 1. The van der Waals surface area contributed by atoms with Crippen molar-refractivity contribution in [2.24, 2.45) is 5.92 Å². The van der Waals surface area contributed by atoms with Gasteiger partial charge in [-0.05, 0) is 60.4 Å². The Morgan fingerprint density at radius 1 is 1.26 bits per heavy atom. The summed E-state index contributed by atoms with van der Waals surface area (Å²) < 4.78 is 44.9. The third-order valence-electron chi connectivity index (χ3n) is 5.04. The summed E-state index contributed by atoms with van der Waals surface area (Å²) in [5, 5.41) is 12.0. The molecule has 1 fully saturated rings. The van der Waals surface area contributed by atoms with Crippen LogP contribution < -0.4 is 10.1 Å². The van der Waals surface area contributed by atoms with E-state index >= 15 is 0 Å². The third-order valence-corrected chi connectivity index (χ3v) is 6.92. The number of nitrogens with zero attached hydrogens (tertiary/aromatic N) is 2. The molecule has 1 aliphatic heterocycles. The van der Waals surface area contributed by atoms with Crippen LogP contribution in [0.1, 0.15) is 12.0 Å². The van der Waals surface area contributed by atoms with Crippen LogP contribution in [0.2, 0.25) is 0 Å². The average molecular weight is 444 g/mol. The zero-order valence-corrected chi connectivity index (χ0v) is 17.7. The Morgan fingerprint density at radius 3 is 2.55 bits per heavy atom. The van der Waals surface area contributed by atoms with E-state index in [1.807, 2.05) is 6.07 Å². The number of rotatable bonds is 7. The van der Waals surface area contributed by atoms with Crippen LogP contribution in [0.5, 0.6) is 5.75 Å². The number of ether oxygens (including phenoxy) is 1. The maximum absolute atomic E-state index is 13.1. The number of carbonyl (C=O) groups excluding carboxylic acids is 1. The van der Waals surface area contributed by atoms with Gasteiger partial charge in [0, 0.05) is 19.6 Å². The average Bonchev–Trinajstić information content (AvgIpc) is 3.26. The van der Waals surface area contributed by atoms with Crippen molar-refractivity contribution < 1.29 is 22.3 Å². The van der Waals surface area contributed by atoms with Crippen LogP contribution in [0, 0.1) is 23.1 Å². The molecule has 7 nitrogen and oxygen atoms in total. The molecule has 2 aromatic carbocycles. The summed E-state index contributed by atoms with van der Waals surface area (Å²) in [6.07, 6.45) is 2.06. The van der Waals surface area contributed by atoms with E-state index in [0.29, 0.717) is 24.3 Å². The van der Waals surface area contributed by atoms with Crippen LogP contribution in [0.4, 0.5) is 4.39 Å². The molecular formula is C22H22FN3O4S. The summed E-state index contributed by atoms with van der Waals surface area (Å²) in [6, 6.07) is 13.5. The number of methoxy groups -OCH3 is 1. The lowest BCUT2D eigenvalue weighted by Crippen LogP contribution is -2.33. The summed E-state index contributed by atoms with van der Waals surface area (Å²) in [6.45, 7) is 0.799. The highest BCUT2D eigenvalue weighted by atomic mass is 32.2. The Bertz CT molecular complexity index is 1110. The number of carbonyl (C=O) groups is 1. The van der Waals surface area contributed by atoms with Gasteiger partial charge in [0.1, 0.15) is 23.2 Å². The van der Waals surface area contributed by atoms with E-state index < -0.39 is 21.7 Å². The van der Waals surface area contributed by atoms with Crippen LogP contribution in [0.3, 0.4) is 0 Å². The first-order valence-corrected chi connectivity index (χ1v) is 11.1. The summed E-state index contributed by atoms with van der Waals surface area (Å²) in [5.74, 6) is -0.434. The second-order valence-electron chi connectivity index (χ2n) is 7.12. The molecule has 1 unspecified atom stereocenters. The molecular weight excluding hydrogens is 421 g/mol. The van der Waals surface area contributed by atoms with Crippen LogP contribution >= 0.6 is 0 Å². The highest BCUT2D eigenvalue weighted by Crippen LogP contribution is 2.24. The van der Waals surface area contributed by atoms with E-state index in [-0.39, 0.29) is 29.5 Å². The van der Waals surface area contributed by atoms with Crippen molar-refractivity contribution in [2.45, 2.75) is 11.3 Å². The molecule has 0 radical (unpaired) electrons. The Kier molecular flexibility index (Phi) is 7.05. The summed E-state index contributed by atoms with van der Waals surface area (Å²) in [7, 11) is -2.16. The van der Waals surface area contributed by atoms with Gasteiger partial charge in [-0.2, -0.15) is 9.57 Å². The van der Waals surface area contributed by atoms with Crippen molar-refractivity contribution in [3.05, 3.63) is 65.5 Å². The zero-order valence-electron chi connectivity index (χ0n) is 16.9. The first-order chi connectivity index (χ1) is 14.8. The number of sulfonamides is 1. The maximum atomic E-state index is 13.1. The van der Waals surface area contributed by atoms with Gasteiger partial charge in [0.15, 0.2) is 0 Å². The molecule has 1 atom stereocenters. The van der Waals surface area contributed by atoms with Gasteiger partial charge < -0.3 is 10.1 Å². The standard InChI is InChI=1S/C22H22FN3O4S/c1-30-20-6-2-16(3-7-20)12-18(13-24)22(27)25-14-17-10-11-26(15-17)31(28,29)21-8-4-19(23)5-9-21/h2-9,12,17H,10-11,14-15H2,1H3,(H,25,27)/b18-12+. The van der Waals surface area contributed by atoms with Crippen molar-refractivity contribution in [2.75, 3.05) is 26.7 Å². The van der Waals surface area contributed by atoms with Gasteiger partial charge in [-0.25, -0.2) is 12.8 Å². The molecule has 1 saturated heterocycles. The molecule has 2 aromatic rings. The Labute approximate surface area is 180 Å². The lowest BCUT2D eigenvalue weighted by atomic mass is 10.1. The minimum Gasteiger partial charge on any atom is -0.497 e. The summed E-state index contributed by atoms with van der Waals surface area (Å²) in [5.41, 5.74) is 0.642. The molecule has 1 aliphatic rings. The molecule has 3 rings (SSSR count). The minimum absolute atomic E-state index is 0.0350. The van der Waals surface area contributed by atoms with Gasteiger partial charge >= 0.3 is 0 Å². The van der Waals surface area contributed by atoms with Crippen molar-refractivity contribution in [1.29, 1.82) is 5.26 Å². The van der Waals surface area contributed by atoms with Crippen molar-refractivity contribution >= 4 is 22.0 Å². The molecule has 0 saturated carbocycles. The first kappa shape index (κ1) is 22.5. The molecule has 1 N–H and O–H groups in total. The number of hydrogen-bond donors (Lipinski definition) is 1. The highest BCUT2D eigenvalue weighted by molar-refractivity contribution is 7.89. The highest BCUT2D eigenvalue weighted by Gasteiger charge is 2.32. The minimum atomic E-state index is -3.71. The molecule has 0 aliphatic carbocycles. The van der Waals surface area contributed by atoms with Crippen LogP contribution in [0.15, 0.2) is 59.0 Å². The monoisotopic (exact) mass is 443 g/mol. The molecule has 31 heavy (non-hydrogen) atoms. The smallest absolute Gasteiger partial charge is 0.261 e. The Hall–Kier alpha value is -3.22. The topological polar surface area (TPSA) is 99.5 Å². The molecule has 162 valence electrons. The van der Waals surface area contributed by atoms with Crippen molar-refractivity contribution in [1.82, 2.24) is 9.62 Å². The van der Waals surface area contributed by atoms with Gasteiger partial charge in [0.05, 0.1) is 12.0 Å². The number of benzene rings is 2. The van der Waals surface area contributed by atoms with E-state index in [4.69, 9.17) is 4.74 Å². The number of amides is 1. The lowest BCUT2D eigenvalue weighted by molar-refractivity contribution is -0.117. The lowest BCUT2D eigenvalue weighted by Gasteiger charge is -2.17. The quantitative estimate of drug-likeness (QED) is 0.524. The Morgan fingerprint density at radius 2 is 1.94 bits per heavy atom. The Balaban J connectivity index is 1.58. The van der Waals surface area contributed by atoms with E-state index in [9.17, 15) is 22.9 Å². The predicted molar refractivity (Wildman–Crippen MR) is 113 cm³/mol. The summed E-state index contributed by atoms with van der Waals surface area (Å²) in [4.78, 5) is 12.4. The fraction of sp³-hybridized carbons (Fsp3) is 0.273. The van der Waals surface area contributed by atoms with Gasteiger partial charge in [0.2, 0.25) is 10.0 Å². The van der Waals surface area contributed by atoms with Gasteiger partial charge in [-0.15, -0.1) is 0 Å². The van der Waals surface area contributed by atoms with E-state index in [1.165, 1.54) is 22.5 Å². The van der Waals surface area contributed by atoms with E-state index in [2.05, 4.69) is 5.32 Å². The summed E-state index contributed by atoms with van der Waals surface area (Å²) >= 11 is 0. The van der Waals surface area contributed by atoms with Crippen LogP contribution in [0.25, 0.3) is 6.08 Å².